The third-order valence-corrected chi connectivity index (χ3v) is 3.51. The van der Waals surface area contributed by atoms with Crippen molar-refractivity contribution in [2.75, 3.05) is 17.2 Å². The molecule has 0 amide bonds. The number of hydrogen-bond donors (Lipinski definition) is 1. The molecule has 3 nitrogen and oxygen atoms in total. The quantitative estimate of drug-likeness (QED) is 0.860. The largest absolute Gasteiger partial charge is 0.396 e. The van der Waals surface area contributed by atoms with E-state index >= 15 is 0 Å². The van der Waals surface area contributed by atoms with Gasteiger partial charge in [-0.15, -0.1) is 0 Å². The molecule has 0 spiro atoms. The Morgan fingerprint density at radius 3 is 2.39 bits per heavy atom. The standard InChI is InChI=1S/C14H24BrN3/c1-5-12(6-2)18(9-10(3)4)14-13(16)7-11(15)8-17-14/h7-8,10,12H,5-6,9,16H2,1-4H3. The summed E-state index contributed by atoms with van der Waals surface area (Å²) in [7, 11) is 0. The van der Waals surface area contributed by atoms with Crippen LogP contribution in [0.15, 0.2) is 16.7 Å². The van der Waals surface area contributed by atoms with Gasteiger partial charge in [0.1, 0.15) is 0 Å². The summed E-state index contributed by atoms with van der Waals surface area (Å²) < 4.78 is 0.929. The van der Waals surface area contributed by atoms with Crippen molar-refractivity contribution in [2.24, 2.45) is 5.92 Å². The monoisotopic (exact) mass is 313 g/mol. The van der Waals surface area contributed by atoms with Crippen LogP contribution in [0.1, 0.15) is 40.5 Å². The lowest BCUT2D eigenvalue weighted by molar-refractivity contribution is 0.504. The van der Waals surface area contributed by atoms with Crippen LogP contribution in [0.2, 0.25) is 0 Å². The first-order chi connectivity index (χ1) is 8.49. The fourth-order valence-electron chi connectivity index (χ4n) is 2.22. The van der Waals surface area contributed by atoms with Gasteiger partial charge in [0.05, 0.1) is 5.69 Å². The van der Waals surface area contributed by atoms with E-state index < -0.39 is 0 Å². The topological polar surface area (TPSA) is 42.2 Å². The van der Waals surface area contributed by atoms with Gasteiger partial charge in [-0.05, 0) is 40.8 Å². The molecular weight excluding hydrogens is 290 g/mol. The van der Waals surface area contributed by atoms with Crippen LogP contribution in [0.3, 0.4) is 0 Å². The molecule has 1 heterocycles. The molecule has 1 aromatic rings. The first-order valence-corrected chi connectivity index (χ1v) is 7.46. The molecule has 4 heteroatoms. The third kappa shape index (κ3) is 3.87. The summed E-state index contributed by atoms with van der Waals surface area (Å²) in [6.07, 6.45) is 4.04. The summed E-state index contributed by atoms with van der Waals surface area (Å²) in [5.74, 6) is 1.51. The van der Waals surface area contributed by atoms with Crippen LogP contribution < -0.4 is 10.6 Å². The van der Waals surface area contributed by atoms with E-state index in [0.717, 1.165) is 35.4 Å². The van der Waals surface area contributed by atoms with Crippen molar-refractivity contribution in [1.29, 1.82) is 0 Å². The molecule has 0 fully saturated rings. The second kappa shape index (κ2) is 6.98. The minimum atomic E-state index is 0.503. The van der Waals surface area contributed by atoms with Crippen molar-refractivity contribution < 1.29 is 0 Å². The maximum Gasteiger partial charge on any atom is 0.152 e. The zero-order chi connectivity index (χ0) is 13.7. The van der Waals surface area contributed by atoms with Gasteiger partial charge in [0.15, 0.2) is 5.82 Å². The number of nitrogens with zero attached hydrogens (tertiary/aromatic N) is 2. The second-order valence-corrected chi connectivity index (χ2v) is 6.00. The van der Waals surface area contributed by atoms with E-state index in [-0.39, 0.29) is 0 Å². The SMILES string of the molecule is CCC(CC)N(CC(C)C)c1ncc(Br)cc1N. The van der Waals surface area contributed by atoms with E-state index in [9.17, 15) is 0 Å². The smallest absolute Gasteiger partial charge is 0.152 e. The van der Waals surface area contributed by atoms with Gasteiger partial charge < -0.3 is 10.6 Å². The highest BCUT2D eigenvalue weighted by molar-refractivity contribution is 9.10. The molecule has 0 saturated heterocycles. The highest BCUT2D eigenvalue weighted by atomic mass is 79.9. The Morgan fingerprint density at radius 2 is 1.94 bits per heavy atom. The summed E-state index contributed by atoms with van der Waals surface area (Å²) in [5.41, 5.74) is 6.86. The highest BCUT2D eigenvalue weighted by Crippen LogP contribution is 2.27. The average molecular weight is 314 g/mol. The number of rotatable bonds is 6. The van der Waals surface area contributed by atoms with E-state index in [1.807, 2.05) is 12.3 Å². The maximum absolute atomic E-state index is 6.11. The molecule has 102 valence electrons. The number of halogens is 1. The molecule has 0 aliphatic rings. The van der Waals surface area contributed by atoms with Gasteiger partial charge in [0.2, 0.25) is 0 Å². The van der Waals surface area contributed by atoms with Gasteiger partial charge in [-0.3, -0.25) is 0 Å². The van der Waals surface area contributed by atoms with Crippen molar-refractivity contribution in [3.63, 3.8) is 0 Å². The molecule has 0 unspecified atom stereocenters. The van der Waals surface area contributed by atoms with Crippen LogP contribution in [0.25, 0.3) is 0 Å². The number of nitrogens with two attached hydrogens (primary N) is 1. The lowest BCUT2D eigenvalue weighted by Gasteiger charge is -2.33. The van der Waals surface area contributed by atoms with Crippen LogP contribution in [-0.4, -0.2) is 17.6 Å². The molecule has 0 aliphatic carbocycles. The Labute approximate surface area is 119 Å². The van der Waals surface area contributed by atoms with E-state index in [4.69, 9.17) is 5.73 Å². The zero-order valence-electron chi connectivity index (χ0n) is 11.8. The molecule has 0 atom stereocenters. The summed E-state index contributed by atoms with van der Waals surface area (Å²) in [6, 6.07) is 2.43. The fraction of sp³-hybridized carbons (Fsp3) is 0.643. The van der Waals surface area contributed by atoms with Gasteiger partial charge in [0.25, 0.3) is 0 Å². The molecule has 0 bridgehead atoms. The first kappa shape index (κ1) is 15.3. The lowest BCUT2D eigenvalue weighted by Crippen LogP contribution is -2.38. The van der Waals surface area contributed by atoms with Gasteiger partial charge >= 0.3 is 0 Å². The summed E-state index contributed by atoms with van der Waals surface area (Å²) in [4.78, 5) is 6.86. The van der Waals surface area contributed by atoms with E-state index in [1.165, 1.54) is 0 Å². The van der Waals surface area contributed by atoms with E-state index in [2.05, 4.69) is 53.5 Å². The Hall–Kier alpha value is -0.770. The molecule has 0 radical (unpaired) electrons. The third-order valence-electron chi connectivity index (χ3n) is 3.08. The molecule has 1 rings (SSSR count). The Morgan fingerprint density at radius 1 is 1.33 bits per heavy atom. The minimum absolute atomic E-state index is 0.503. The number of aromatic nitrogens is 1. The van der Waals surface area contributed by atoms with Gasteiger partial charge in [0, 0.05) is 23.3 Å². The maximum atomic E-state index is 6.11. The molecule has 1 aromatic heterocycles. The van der Waals surface area contributed by atoms with Crippen LogP contribution in [0, 0.1) is 5.92 Å². The summed E-state index contributed by atoms with van der Waals surface area (Å²) >= 11 is 3.41. The van der Waals surface area contributed by atoms with Crippen LogP contribution in [-0.2, 0) is 0 Å². The van der Waals surface area contributed by atoms with Crippen molar-refractivity contribution in [2.45, 2.75) is 46.6 Å². The van der Waals surface area contributed by atoms with Crippen LogP contribution in [0.4, 0.5) is 11.5 Å². The Bertz CT molecular complexity index is 375. The molecule has 18 heavy (non-hydrogen) atoms. The van der Waals surface area contributed by atoms with Crippen molar-refractivity contribution in [1.82, 2.24) is 4.98 Å². The number of anilines is 2. The van der Waals surface area contributed by atoms with Crippen molar-refractivity contribution in [3.05, 3.63) is 16.7 Å². The van der Waals surface area contributed by atoms with Crippen molar-refractivity contribution in [3.8, 4) is 0 Å². The Kier molecular flexibility index (Phi) is 5.93. The van der Waals surface area contributed by atoms with Gasteiger partial charge in [-0.1, -0.05) is 27.7 Å². The Balaban J connectivity index is 3.08. The number of hydrogen-bond acceptors (Lipinski definition) is 3. The number of pyridine rings is 1. The number of nitrogen functional groups attached to an aromatic ring is 1. The molecule has 2 N–H and O–H groups in total. The minimum Gasteiger partial charge on any atom is -0.396 e. The van der Waals surface area contributed by atoms with Crippen LogP contribution in [0.5, 0.6) is 0 Å². The predicted octanol–water partition coefficient (Wildman–Crippen LogP) is 4.08. The molecule has 0 aliphatic heterocycles. The molecular formula is C14H24BrN3. The van der Waals surface area contributed by atoms with Crippen molar-refractivity contribution >= 4 is 27.4 Å². The summed E-state index contributed by atoms with van der Waals surface area (Å²) in [6.45, 7) is 9.88. The fourth-order valence-corrected chi connectivity index (χ4v) is 2.57. The average Bonchev–Trinajstić information content (AvgIpc) is 2.29. The van der Waals surface area contributed by atoms with Crippen LogP contribution >= 0.6 is 15.9 Å². The zero-order valence-corrected chi connectivity index (χ0v) is 13.4. The first-order valence-electron chi connectivity index (χ1n) is 6.67. The second-order valence-electron chi connectivity index (χ2n) is 5.08. The summed E-state index contributed by atoms with van der Waals surface area (Å²) in [5, 5.41) is 0. The van der Waals surface area contributed by atoms with Gasteiger partial charge in [-0.25, -0.2) is 4.98 Å². The molecule has 0 saturated carbocycles. The van der Waals surface area contributed by atoms with Gasteiger partial charge in [-0.2, -0.15) is 0 Å². The lowest BCUT2D eigenvalue weighted by atomic mass is 10.1. The van der Waals surface area contributed by atoms with E-state index in [1.54, 1.807) is 0 Å². The normalized spacial score (nSPS) is 11.3. The molecule has 0 aromatic carbocycles. The van der Waals surface area contributed by atoms with E-state index in [0.29, 0.717) is 12.0 Å². The predicted molar refractivity (Wildman–Crippen MR) is 82.9 cm³/mol. The highest BCUT2D eigenvalue weighted by Gasteiger charge is 2.20.